The van der Waals surface area contributed by atoms with Crippen LogP contribution in [0.15, 0.2) is 12.4 Å². The van der Waals surface area contributed by atoms with Gasteiger partial charge < -0.3 is 5.32 Å². The van der Waals surface area contributed by atoms with E-state index in [2.05, 4.69) is 35.1 Å². The molecule has 1 saturated carbocycles. The SMILES string of the molecule is CCC(NC)c1cnn(C2CCC(C)CC2)c1. The zero-order chi connectivity index (χ0) is 12.3. The monoisotopic (exact) mass is 235 g/mol. The fraction of sp³-hybridized carbons (Fsp3) is 0.786. The van der Waals surface area contributed by atoms with Crippen molar-refractivity contribution in [1.82, 2.24) is 15.1 Å². The molecule has 1 heterocycles. The highest BCUT2D eigenvalue weighted by molar-refractivity contribution is 5.10. The molecular weight excluding hydrogens is 210 g/mol. The average molecular weight is 235 g/mol. The molecule has 0 spiro atoms. The molecule has 3 nitrogen and oxygen atoms in total. The van der Waals surface area contributed by atoms with E-state index in [1.54, 1.807) is 0 Å². The number of nitrogens with zero attached hydrogens (tertiary/aromatic N) is 2. The Morgan fingerprint density at radius 3 is 2.71 bits per heavy atom. The van der Waals surface area contributed by atoms with E-state index in [1.165, 1.54) is 31.2 Å². The molecule has 0 saturated heterocycles. The standard InChI is InChI=1S/C14H25N3/c1-4-14(15-3)12-9-16-17(10-12)13-7-5-11(2)6-8-13/h9-11,13-15H,4-8H2,1-3H3. The molecule has 1 unspecified atom stereocenters. The zero-order valence-corrected chi connectivity index (χ0v) is 11.3. The van der Waals surface area contributed by atoms with Crippen LogP contribution in [0.4, 0.5) is 0 Å². The van der Waals surface area contributed by atoms with Gasteiger partial charge in [0.1, 0.15) is 0 Å². The first-order valence-corrected chi connectivity index (χ1v) is 6.95. The molecule has 0 amide bonds. The highest BCUT2D eigenvalue weighted by Gasteiger charge is 2.20. The second-order valence-corrected chi connectivity index (χ2v) is 5.42. The molecule has 1 N–H and O–H groups in total. The van der Waals surface area contributed by atoms with Gasteiger partial charge in [-0.3, -0.25) is 4.68 Å². The summed E-state index contributed by atoms with van der Waals surface area (Å²) >= 11 is 0. The lowest BCUT2D eigenvalue weighted by molar-refractivity contribution is 0.273. The summed E-state index contributed by atoms with van der Waals surface area (Å²) in [4.78, 5) is 0. The highest BCUT2D eigenvalue weighted by Crippen LogP contribution is 2.31. The van der Waals surface area contributed by atoms with E-state index < -0.39 is 0 Å². The quantitative estimate of drug-likeness (QED) is 0.867. The first kappa shape index (κ1) is 12.6. The third kappa shape index (κ3) is 2.89. The van der Waals surface area contributed by atoms with Gasteiger partial charge in [0, 0.05) is 17.8 Å². The topological polar surface area (TPSA) is 29.9 Å². The summed E-state index contributed by atoms with van der Waals surface area (Å²) in [6, 6.07) is 1.08. The Hall–Kier alpha value is -0.830. The van der Waals surface area contributed by atoms with Crippen molar-refractivity contribution >= 4 is 0 Å². The predicted octanol–water partition coefficient (Wildman–Crippen LogP) is 3.30. The lowest BCUT2D eigenvalue weighted by Gasteiger charge is -2.26. The molecule has 0 aromatic carbocycles. The van der Waals surface area contributed by atoms with Crippen LogP contribution in [0, 0.1) is 5.92 Å². The fourth-order valence-corrected chi connectivity index (χ4v) is 2.85. The molecule has 0 radical (unpaired) electrons. The van der Waals surface area contributed by atoms with Gasteiger partial charge in [-0.2, -0.15) is 5.10 Å². The van der Waals surface area contributed by atoms with Crippen molar-refractivity contribution < 1.29 is 0 Å². The van der Waals surface area contributed by atoms with Gasteiger partial charge in [-0.25, -0.2) is 0 Å². The summed E-state index contributed by atoms with van der Waals surface area (Å²) in [5.74, 6) is 0.905. The Balaban J connectivity index is 2.02. The first-order chi connectivity index (χ1) is 8.24. The Kier molecular flexibility index (Phi) is 4.21. The molecule has 0 aliphatic heterocycles. The van der Waals surface area contributed by atoms with Gasteiger partial charge in [0.2, 0.25) is 0 Å². The van der Waals surface area contributed by atoms with Crippen molar-refractivity contribution in [2.24, 2.45) is 5.92 Å². The van der Waals surface area contributed by atoms with Crippen LogP contribution in [-0.4, -0.2) is 16.8 Å². The number of hydrogen-bond acceptors (Lipinski definition) is 2. The van der Waals surface area contributed by atoms with Crippen LogP contribution in [0.2, 0.25) is 0 Å². The Morgan fingerprint density at radius 2 is 2.12 bits per heavy atom. The summed E-state index contributed by atoms with van der Waals surface area (Å²) in [5, 5.41) is 7.90. The van der Waals surface area contributed by atoms with Crippen LogP contribution < -0.4 is 5.32 Å². The highest BCUT2D eigenvalue weighted by atomic mass is 15.3. The molecule has 3 heteroatoms. The maximum absolute atomic E-state index is 4.56. The molecular formula is C14H25N3. The molecule has 1 fully saturated rings. The molecule has 17 heavy (non-hydrogen) atoms. The lowest BCUT2D eigenvalue weighted by atomic mass is 9.87. The zero-order valence-electron chi connectivity index (χ0n) is 11.3. The number of rotatable bonds is 4. The van der Waals surface area contributed by atoms with E-state index in [0.717, 1.165) is 12.3 Å². The maximum Gasteiger partial charge on any atom is 0.0537 e. The number of nitrogens with one attached hydrogen (secondary N) is 1. The number of hydrogen-bond donors (Lipinski definition) is 1. The van der Waals surface area contributed by atoms with Crippen molar-refractivity contribution in [3.05, 3.63) is 18.0 Å². The van der Waals surface area contributed by atoms with Gasteiger partial charge in [-0.1, -0.05) is 13.8 Å². The molecule has 1 aliphatic rings. The first-order valence-electron chi connectivity index (χ1n) is 6.95. The molecule has 1 aromatic rings. The van der Waals surface area contributed by atoms with Gasteiger partial charge in [-0.15, -0.1) is 0 Å². The summed E-state index contributed by atoms with van der Waals surface area (Å²) in [5.41, 5.74) is 1.33. The van der Waals surface area contributed by atoms with Crippen LogP contribution >= 0.6 is 0 Å². The third-order valence-corrected chi connectivity index (χ3v) is 4.14. The van der Waals surface area contributed by atoms with Crippen molar-refractivity contribution in [3.8, 4) is 0 Å². The van der Waals surface area contributed by atoms with E-state index >= 15 is 0 Å². The molecule has 2 rings (SSSR count). The van der Waals surface area contributed by atoms with E-state index in [4.69, 9.17) is 0 Å². The van der Waals surface area contributed by atoms with Crippen LogP contribution in [0.5, 0.6) is 0 Å². The van der Waals surface area contributed by atoms with Crippen LogP contribution in [0.3, 0.4) is 0 Å². The van der Waals surface area contributed by atoms with E-state index in [9.17, 15) is 0 Å². The molecule has 1 aromatic heterocycles. The average Bonchev–Trinajstić information content (AvgIpc) is 2.81. The van der Waals surface area contributed by atoms with Gasteiger partial charge in [0.25, 0.3) is 0 Å². The summed E-state index contributed by atoms with van der Waals surface area (Å²) in [6.07, 6.45) is 10.7. The van der Waals surface area contributed by atoms with E-state index in [0.29, 0.717) is 12.1 Å². The molecule has 1 aliphatic carbocycles. The minimum Gasteiger partial charge on any atom is -0.313 e. The smallest absolute Gasteiger partial charge is 0.0537 e. The van der Waals surface area contributed by atoms with Crippen LogP contribution in [-0.2, 0) is 0 Å². The Morgan fingerprint density at radius 1 is 1.41 bits per heavy atom. The number of aromatic nitrogens is 2. The minimum atomic E-state index is 0.450. The molecule has 96 valence electrons. The van der Waals surface area contributed by atoms with E-state index in [-0.39, 0.29) is 0 Å². The maximum atomic E-state index is 4.56. The fourth-order valence-electron chi connectivity index (χ4n) is 2.85. The van der Waals surface area contributed by atoms with Crippen molar-refractivity contribution in [3.63, 3.8) is 0 Å². The Labute approximate surface area is 105 Å². The normalized spacial score (nSPS) is 27.0. The minimum absolute atomic E-state index is 0.450. The predicted molar refractivity (Wildman–Crippen MR) is 71.0 cm³/mol. The van der Waals surface area contributed by atoms with Crippen molar-refractivity contribution in [1.29, 1.82) is 0 Å². The Bertz CT molecular complexity index is 333. The molecule has 0 bridgehead atoms. The second kappa shape index (κ2) is 5.67. The van der Waals surface area contributed by atoms with Crippen molar-refractivity contribution in [2.45, 2.75) is 58.0 Å². The van der Waals surface area contributed by atoms with E-state index in [1.807, 2.05) is 13.2 Å². The van der Waals surface area contributed by atoms with Crippen LogP contribution in [0.1, 0.15) is 63.6 Å². The largest absolute Gasteiger partial charge is 0.313 e. The summed E-state index contributed by atoms with van der Waals surface area (Å²) in [6.45, 7) is 4.57. The van der Waals surface area contributed by atoms with Gasteiger partial charge in [0.15, 0.2) is 0 Å². The van der Waals surface area contributed by atoms with Gasteiger partial charge in [-0.05, 0) is 45.1 Å². The summed E-state index contributed by atoms with van der Waals surface area (Å²) in [7, 11) is 2.02. The van der Waals surface area contributed by atoms with Gasteiger partial charge in [0.05, 0.1) is 12.2 Å². The molecule has 1 atom stereocenters. The van der Waals surface area contributed by atoms with Crippen molar-refractivity contribution in [2.75, 3.05) is 7.05 Å². The second-order valence-electron chi connectivity index (χ2n) is 5.42. The summed E-state index contributed by atoms with van der Waals surface area (Å²) < 4.78 is 2.20. The lowest BCUT2D eigenvalue weighted by Crippen LogP contribution is -2.17. The van der Waals surface area contributed by atoms with Crippen LogP contribution in [0.25, 0.3) is 0 Å². The third-order valence-electron chi connectivity index (χ3n) is 4.14. The van der Waals surface area contributed by atoms with Gasteiger partial charge >= 0.3 is 0 Å².